The van der Waals surface area contributed by atoms with Crippen LogP contribution in [0.1, 0.15) is 37.9 Å². The van der Waals surface area contributed by atoms with Gasteiger partial charge < -0.3 is 5.32 Å². The molecule has 0 amide bonds. The first kappa shape index (κ1) is 13.4. The Labute approximate surface area is 113 Å². The van der Waals surface area contributed by atoms with Gasteiger partial charge >= 0.3 is 0 Å². The Bertz CT molecular complexity index is 551. The van der Waals surface area contributed by atoms with Crippen LogP contribution in [-0.4, -0.2) is 26.5 Å². The van der Waals surface area contributed by atoms with Gasteiger partial charge in [0.2, 0.25) is 0 Å². The third-order valence-electron chi connectivity index (χ3n) is 2.82. The van der Waals surface area contributed by atoms with Gasteiger partial charge in [-0.15, -0.1) is 0 Å². The van der Waals surface area contributed by atoms with E-state index in [1.165, 1.54) is 0 Å². The molecule has 0 aliphatic carbocycles. The van der Waals surface area contributed by atoms with Crippen molar-refractivity contribution in [3.05, 3.63) is 29.7 Å². The Kier molecular flexibility index (Phi) is 4.04. The van der Waals surface area contributed by atoms with Crippen molar-refractivity contribution >= 4 is 5.82 Å². The molecule has 0 radical (unpaired) electrons. The molecule has 0 bridgehead atoms. The molecule has 2 aromatic heterocycles. The van der Waals surface area contributed by atoms with Gasteiger partial charge in [0.05, 0.1) is 0 Å². The monoisotopic (exact) mass is 257 g/mol. The fraction of sp³-hybridized carbons (Fsp3) is 0.429. The van der Waals surface area contributed by atoms with E-state index in [0.717, 1.165) is 23.6 Å². The fourth-order valence-corrected chi connectivity index (χ4v) is 2.09. The van der Waals surface area contributed by atoms with E-state index >= 15 is 0 Å². The molecule has 0 aliphatic heterocycles. The summed E-state index contributed by atoms with van der Waals surface area (Å²) in [5, 5.41) is 3.30. The minimum Gasteiger partial charge on any atom is -0.370 e. The van der Waals surface area contributed by atoms with Gasteiger partial charge in [0.25, 0.3) is 0 Å². The van der Waals surface area contributed by atoms with Gasteiger partial charge in [-0.05, 0) is 25.8 Å². The van der Waals surface area contributed by atoms with E-state index in [0.29, 0.717) is 17.6 Å². The van der Waals surface area contributed by atoms with Crippen LogP contribution < -0.4 is 5.32 Å². The van der Waals surface area contributed by atoms with E-state index in [1.807, 2.05) is 6.92 Å². The van der Waals surface area contributed by atoms with Crippen LogP contribution in [0.5, 0.6) is 0 Å². The van der Waals surface area contributed by atoms with E-state index in [2.05, 4.69) is 46.0 Å². The predicted octanol–water partition coefficient (Wildman–Crippen LogP) is 2.80. The minimum atomic E-state index is 0.375. The van der Waals surface area contributed by atoms with Crippen LogP contribution >= 0.6 is 0 Å². The highest BCUT2D eigenvalue weighted by Gasteiger charge is 2.16. The third-order valence-corrected chi connectivity index (χ3v) is 2.82. The van der Waals surface area contributed by atoms with Crippen molar-refractivity contribution in [2.75, 3.05) is 11.9 Å². The molecule has 0 aromatic carbocycles. The maximum absolute atomic E-state index is 4.57. The van der Waals surface area contributed by atoms with Crippen LogP contribution in [-0.2, 0) is 0 Å². The molecule has 0 saturated heterocycles. The molecule has 1 N–H and O–H groups in total. The van der Waals surface area contributed by atoms with Crippen molar-refractivity contribution in [1.82, 2.24) is 19.9 Å². The topological polar surface area (TPSA) is 63.6 Å². The number of aromatic nitrogens is 4. The molecule has 0 atom stereocenters. The zero-order valence-corrected chi connectivity index (χ0v) is 11.8. The lowest BCUT2D eigenvalue weighted by Crippen LogP contribution is -2.10. The lowest BCUT2D eigenvalue weighted by molar-refractivity contribution is 0.829. The molecule has 2 aromatic rings. The SMILES string of the molecule is CCNc1nc(-c2ncccn2)nc(C)c1C(C)C. The molecule has 2 heterocycles. The number of rotatable bonds is 4. The van der Waals surface area contributed by atoms with E-state index in [1.54, 1.807) is 18.5 Å². The lowest BCUT2D eigenvalue weighted by Gasteiger charge is -2.16. The van der Waals surface area contributed by atoms with Gasteiger partial charge in [-0.1, -0.05) is 13.8 Å². The molecule has 5 heteroatoms. The summed E-state index contributed by atoms with van der Waals surface area (Å²) in [4.78, 5) is 17.5. The number of hydrogen-bond donors (Lipinski definition) is 1. The summed E-state index contributed by atoms with van der Waals surface area (Å²) in [6, 6.07) is 1.78. The maximum Gasteiger partial charge on any atom is 0.199 e. The molecular formula is C14H19N5. The van der Waals surface area contributed by atoms with Crippen molar-refractivity contribution in [2.24, 2.45) is 0 Å². The Morgan fingerprint density at radius 1 is 1.11 bits per heavy atom. The molecule has 0 fully saturated rings. The zero-order chi connectivity index (χ0) is 13.8. The van der Waals surface area contributed by atoms with Gasteiger partial charge in [-0.25, -0.2) is 19.9 Å². The largest absolute Gasteiger partial charge is 0.370 e. The second kappa shape index (κ2) is 5.73. The Hall–Kier alpha value is -2.04. The number of nitrogens with one attached hydrogen (secondary N) is 1. The maximum atomic E-state index is 4.57. The van der Waals surface area contributed by atoms with Gasteiger partial charge in [-0.2, -0.15) is 0 Å². The third kappa shape index (κ3) is 2.86. The van der Waals surface area contributed by atoms with E-state index < -0.39 is 0 Å². The Balaban J connectivity index is 2.54. The van der Waals surface area contributed by atoms with Crippen molar-refractivity contribution in [1.29, 1.82) is 0 Å². The summed E-state index contributed by atoms with van der Waals surface area (Å²) in [5.41, 5.74) is 2.13. The van der Waals surface area contributed by atoms with Crippen LogP contribution in [0.15, 0.2) is 18.5 Å². The standard InChI is InChI=1S/C14H19N5/c1-5-15-12-11(9(2)3)10(4)18-14(19-12)13-16-7-6-8-17-13/h6-9H,5H2,1-4H3,(H,15,18,19). The van der Waals surface area contributed by atoms with E-state index in [9.17, 15) is 0 Å². The molecule has 0 spiro atoms. The molecule has 0 unspecified atom stereocenters. The first-order valence-electron chi connectivity index (χ1n) is 6.53. The number of hydrogen-bond acceptors (Lipinski definition) is 5. The molecule has 0 aliphatic rings. The lowest BCUT2D eigenvalue weighted by atomic mass is 10.0. The molecule has 19 heavy (non-hydrogen) atoms. The van der Waals surface area contributed by atoms with Crippen LogP contribution in [0.2, 0.25) is 0 Å². The molecular weight excluding hydrogens is 238 g/mol. The molecule has 2 rings (SSSR count). The summed E-state index contributed by atoms with van der Waals surface area (Å²) >= 11 is 0. The summed E-state index contributed by atoms with van der Waals surface area (Å²) in [5.74, 6) is 2.38. The smallest absolute Gasteiger partial charge is 0.199 e. The highest BCUT2D eigenvalue weighted by Crippen LogP contribution is 2.26. The summed E-state index contributed by atoms with van der Waals surface area (Å²) in [6.45, 7) is 9.17. The quantitative estimate of drug-likeness (QED) is 0.912. The van der Waals surface area contributed by atoms with Gasteiger partial charge in [0.1, 0.15) is 5.82 Å². The predicted molar refractivity (Wildman–Crippen MR) is 76.0 cm³/mol. The number of anilines is 1. The highest BCUT2D eigenvalue weighted by molar-refractivity contribution is 5.55. The van der Waals surface area contributed by atoms with Crippen molar-refractivity contribution in [3.63, 3.8) is 0 Å². The normalized spacial score (nSPS) is 10.8. The number of aryl methyl sites for hydroxylation is 1. The van der Waals surface area contributed by atoms with Crippen LogP contribution in [0.4, 0.5) is 5.82 Å². The molecule has 5 nitrogen and oxygen atoms in total. The van der Waals surface area contributed by atoms with Gasteiger partial charge in [-0.3, -0.25) is 0 Å². The second-order valence-corrected chi connectivity index (χ2v) is 4.65. The van der Waals surface area contributed by atoms with Crippen LogP contribution in [0.3, 0.4) is 0 Å². The average molecular weight is 257 g/mol. The van der Waals surface area contributed by atoms with Crippen LogP contribution in [0.25, 0.3) is 11.6 Å². The Morgan fingerprint density at radius 2 is 1.79 bits per heavy atom. The summed E-state index contributed by atoms with van der Waals surface area (Å²) < 4.78 is 0. The summed E-state index contributed by atoms with van der Waals surface area (Å²) in [6.07, 6.45) is 3.40. The first-order valence-corrected chi connectivity index (χ1v) is 6.53. The van der Waals surface area contributed by atoms with E-state index in [4.69, 9.17) is 0 Å². The van der Waals surface area contributed by atoms with Crippen molar-refractivity contribution < 1.29 is 0 Å². The molecule has 100 valence electrons. The average Bonchev–Trinajstić information content (AvgIpc) is 2.39. The van der Waals surface area contributed by atoms with Gasteiger partial charge in [0.15, 0.2) is 11.6 Å². The molecule has 0 saturated carbocycles. The zero-order valence-electron chi connectivity index (χ0n) is 11.8. The first-order chi connectivity index (χ1) is 9.13. The fourth-order valence-electron chi connectivity index (χ4n) is 2.09. The minimum absolute atomic E-state index is 0.375. The van der Waals surface area contributed by atoms with Gasteiger partial charge in [0, 0.05) is 30.2 Å². The summed E-state index contributed by atoms with van der Waals surface area (Å²) in [7, 11) is 0. The van der Waals surface area contributed by atoms with E-state index in [-0.39, 0.29) is 0 Å². The highest BCUT2D eigenvalue weighted by atomic mass is 15.1. The second-order valence-electron chi connectivity index (χ2n) is 4.65. The number of nitrogens with zero attached hydrogens (tertiary/aromatic N) is 4. The Morgan fingerprint density at radius 3 is 2.37 bits per heavy atom. The van der Waals surface area contributed by atoms with Crippen molar-refractivity contribution in [2.45, 2.75) is 33.6 Å². The van der Waals surface area contributed by atoms with Crippen molar-refractivity contribution in [3.8, 4) is 11.6 Å². The van der Waals surface area contributed by atoms with Crippen LogP contribution in [0, 0.1) is 6.92 Å².